The number of H-pyrrole nitrogens is 1. The van der Waals surface area contributed by atoms with Gasteiger partial charge in [0.2, 0.25) is 0 Å². The molecule has 0 aliphatic carbocycles. The highest BCUT2D eigenvalue weighted by molar-refractivity contribution is 6.31. The number of aromatic nitrogens is 2. The van der Waals surface area contributed by atoms with E-state index in [1.54, 1.807) is 0 Å². The van der Waals surface area contributed by atoms with Crippen LogP contribution in [0.2, 0.25) is 5.02 Å². The fourth-order valence-corrected chi connectivity index (χ4v) is 4.05. The molecule has 2 aromatic heterocycles. The average Bonchev–Trinajstić information content (AvgIpc) is 3.25. The Morgan fingerprint density at radius 1 is 0.969 bits per heavy atom. The number of carbonyl (C=O) groups is 1. The zero-order valence-corrected chi connectivity index (χ0v) is 18.0. The number of nitrogens with one attached hydrogen (secondary N) is 2. The maximum absolute atomic E-state index is 13.2. The summed E-state index contributed by atoms with van der Waals surface area (Å²) in [5, 5.41) is 5.46. The molecular weight excluding hydrogens is 420 g/mol. The highest BCUT2D eigenvalue weighted by atomic mass is 35.5. The molecule has 5 nitrogen and oxygen atoms in total. The fourth-order valence-electron chi connectivity index (χ4n) is 3.88. The molecule has 158 valence electrons. The highest BCUT2D eigenvalue weighted by Crippen LogP contribution is 2.32. The van der Waals surface area contributed by atoms with E-state index in [0.717, 1.165) is 44.2 Å². The lowest BCUT2D eigenvalue weighted by molar-refractivity contribution is 0.0952. The quantitative estimate of drug-likeness (QED) is 0.341. The molecule has 4 N–H and O–H groups in total. The number of para-hydroxylation sites is 1. The zero-order valence-electron chi connectivity index (χ0n) is 17.2. The number of fused-ring (bicyclic) bond motifs is 2. The van der Waals surface area contributed by atoms with Crippen molar-refractivity contribution < 1.29 is 4.79 Å². The van der Waals surface area contributed by atoms with Crippen LogP contribution in [0.5, 0.6) is 0 Å². The molecular formula is C26H21ClN4O. The lowest BCUT2D eigenvalue weighted by Crippen LogP contribution is -2.23. The Balaban J connectivity index is 1.53. The summed E-state index contributed by atoms with van der Waals surface area (Å²) < 4.78 is 0. The number of carbonyl (C=O) groups excluding carboxylic acids is 1. The third-order valence-corrected chi connectivity index (χ3v) is 5.83. The molecule has 0 saturated heterocycles. The number of aromatic amines is 1. The molecule has 6 heteroatoms. The first-order valence-corrected chi connectivity index (χ1v) is 10.7. The summed E-state index contributed by atoms with van der Waals surface area (Å²) in [4.78, 5) is 21.3. The molecule has 1 amide bonds. The van der Waals surface area contributed by atoms with E-state index in [9.17, 15) is 4.79 Å². The number of hydrogen-bond donors (Lipinski definition) is 3. The van der Waals surface area contributed by atoms with E-state index >= 15 is 0 Å². The molecule has 5 rings (SSSR count). The van der Waals surface area contributed by atoms with Crippen LogP contribution in [0.4, 0.5) is 0 Å². The second-order valence-corrected chi connectivity index (χ2v) is 8.10. The van der Waals surface area contributed by atoms with Crippen molar-refractivity contribution in [3.05, 3.63) is 101 Å². The van der Waals surface area contributed by atoms with Gasteiger partial charge in [0.1, 0.15) is 0 Å². The van der Waals surface area contributed by atoms with Crippen LogP contribution < -0.4 is 11.1 Å². The Labute approximate surface area is 190 Å². The van der Waals surface area contributed by atoms with Crippen LogP contribution in [-0.2, 0) is 13.1 Å². The molecule has 0 atom stereocenters. The van der Waals surface area contributed by atoms with Gasteiger partial charge < -0.3 is 16.0 Å². The second kappa shape index (κ2) is 8.46. The second-order valence-electron chi connectivity index (χ2n) is 7.67. The first kappa shape index (κ1) is 20.2. The van der Waals surface area contributed by atoms with Crippen LogP contribution in [0.3, 0.4) is 0 Å². The van der Waals surface area contributed by atoms with Gasteiger partial charge >= 0.3 is 0 Å². The first-order chi connectivity index (χ1) is 15.6. The number of hydrogen-bond acceptors (Lipinski definition) is 3. The topological polar surface area (TPSA) is 83.8 Å². The largest absolute Gasteiger partial charge is 0.360 e. The summed E-state index contributed by atoms with van der Waals surface area (Å²) in [5.41, 5.74) is 11.7. The van der Waals surface area contributed by atoms with E-state index in [0.29, 0.717) is 23.7 Å². The van der Waals surface area contributed by atoms with Crippen LogP contribution in [0.25, 0.3) is 33.1 Å². The zero-order chi connectivity index (χ0) is 22.1. The number of pyridine rings is 1. The third kappa shape index (κ3) is 3.84. The number of rotatable bonds is 5. The van der Waals surface area contributed by atoms with E-state index in [4.69, 9.17) is 22.3 Å². The Morgan fingerprint density at radius 2 is 1.75 bits per heavy atom. The van der Waals surface area contributed by atoms with Gasteiger partial charge in [-0.1, -0.05) is 54.1 Å². The van der Waals surface area contributed by atoms with Crippen LogP contribution in [-0.4, -0.2) is 15.9 Å². The summed E-state index contributed by atoms with van der Waals surface area (Å²) in [7, 11) is 0. The standard InChI is InChI=1S/C26H21ClN4O/c27-18-9-10-23-20(11-18)22(15-29-23)25-12-21(19-3-1-2-4-24(19)31-25)26(32)30-14-17-7-5-16(13-28)6-8-17/h1-12,15,29H,13-14,28H2,(H,30,32). The monoisotopic (exact) mass is 440 g/mol. The summed E-state index contributed by atoms with van der Waals surface area (Å²) in [6.45, 7) is 0.926. The van der Waals surface area contributed by atoms with Crippen molar-refractivity contribution in [2.24, 2.45) is 5.73 Å². The minimum Gasteiger partial charge on any atom is -0.360 e. The molecule has 0 aliphatic rings. The predicted molar refractivity (Wildman–Crippen MR) is 130 cm³/mol. The maximum atomic E-state index is 13.2. The van der Waals surface area contributed by atoms with E-state index in [-0.39, 0.29) is 5.91 Å². The van der Waals surface area contributed by atoms with Crippen molar-refractivity contribution in [2.45, 2.75) is 13.1 Å². The molecule has 0 bridgehead atoms. The van der Waals surface area contributed by atoms with Crippen LogP contribution >= 0.6 is 11.6 Å². The molecule has 0 radical (unpaired) electrons. The molecule has 5 aromatic rings. The average molecular weight is 441 g/mol. The number of benzene rings is 3. The molecule has 32 heavy (non-hydrogen) atoms. The molecule has 0 saturated carbocycles. The third-order valence-electron chi connectivity index (χ3n) is 5.59. The van der Waals surface area contributed by atoms with Crippen molar-refractivity contribution in [3.63, 3.8) is 0 Å². The normalized spacial score (nSPS) is 11.2. The molecule has 0 aliphatic heterocycles. The van der Waals surface area contributed by atoms with Gasteiger partial charge in [0, 0.05) is 46.2 Å². The van der Waals surface area contributed by atoms with Crippen molar-refractivity contribution in [1.82, 2.24) is 15.3 Å². The Hall–Kier alpha value is -3.67. The van der Waals surface area contributed by atoms with Crippen molar-refractivity contribution in [3.8, 4) is 11.3 Å². The molecule has 0 unspecified atom stereocenters. The van der Waals surface area contributed by atoms with Gasteiger partial charge in [-0.15, -0.1) is 0 Å². The van der Waals surface area contributed by atoms with Gasteiger partial charge in [-0.3, -0.25) is 4.79 Å². The van der Waals surface area contributed by atoms with Crippen LogP contribution in [0.15, 0.2) is 79.0 Å². The lowest BCUT2D eigenvalue weighted by atomic mass is 10.0. The highest BCUT2D eigenvalue weighted by Gasteiger charge is 2.16. The number of halogens is 1. The van der Waals surface area contributed by atoms with Crippen molar-refractivity contribution in [1.29, 1.82) is 0 Å². The number of amides is 1. The SMILES string of the molecule is NCc1ccc(CNC(=O)c2cc(-c3c[nH]c4ccc(Cl)cc34)nc3ccccc23)cc1. The smallest absolute Gasteiger partial charge is 0.252 e. The predicted octanol–water partition coefficient (Wildman–Crippen LogP) is 5.43. The summed E-state index contributed by atoms with van der Waals surface area (Å²) in [6, 6.07) is 23.1. The van der Waals surface area contributed by atoms with Crippen molar-refractivity contribution in [2.75, 3.05) is 0 Å². The minimum absolute atomic E-state index is 0.148. The number of nitrogens with two attached hydrogens (primary N) is 1. The molecule has 2 heterocycles. The summed E-state index contributed by atoms with van der Waals surface area (Å²) >= 11 is 6.22. The van der Waals surface area contributed by atoms with Crippen LogP contribution in [0, 0.1) is 0 Å². The molecule has 0 spiro atoms. The lowest BCUT2D eigenvalue weighted by Gasteiger charge is -2.11. The van der Waals surface area contributed by atoms with Gasteiger partial charge in [0.25, 0.3) is 5.91 Å². The van der Waals surface area contributed by atoms with E-state index in [1.165, 1.54) is 0 Å². The maximum Gasteiger partial charge on any atom is 0.252 e. The minimum atomic E-state index is -0.148. The molecule has 3 aromatic carbocycles. The van der Waals surface area contributed by atoms with Gasteiger partial charge in [-0.25, -0.2) is 4.98 Å². The van der Waals surface area contributed by atoms with Gasteiger partial charge in [0.15, 0.2) is 0 Å². The van der Waals surface area contributed by atoms with E-state index in [2.05, 4.69) is 10.3 Å². The molecule has 0 fully saturated rings. The Bertz CT molecular complexity index is 1440. The number of nitrogens with zero attached hydrogens (tertiary/aromatic N) is 1. The fraction of sp³-hybridized carbons (Fsp3) is 0.0769. The van der Waals surface area contributed by atoms with E-state index < -0.39 is 0 Å². The summed E-state index contributed by atoms with van der Waals surface area (Å²) in [6.07, 6.45) is 1.90. The Kier molecular flexibility index (Phi) is 5.35. The van der Waals surface area contributed by atoms with Gasteiger partial charge in [-0.05, 0) is 41.5 Å². The van der Waals surface area contributed by atoms with Gasteiger partial charge in [0.05, 0.1) is 16.8 Å². The summed E-state index contributed by atoms with van der Waals surface area (Å²) in [5.74, 6) is -0.148. The first-order valence-electron chi connectivity index (χ1n) is 10.4. The van der Waals surface area contributed by atoms with Crippen molar-refractivity contribution >= 4 is 39.3 Å². The van der Waals surface area contributed by atoms with E-state index in [1.807, 2.05) is 79.0 Å². The van der Waals surface area contributed by atoms with Crippen LogP contribution in [0.1, 0.15) is 21.5 Å². The van der Waals surface area contributed by atoms with Gasteiger partial charge in [-0.2, -0.15) is 0 Å². The Morgan fingerprint density at radius 3 is 2.56 bits per heavy atom.